The van der Waals surface area contributed by atoms with Crippen molar-refractivity contribution >= 4 is 49.7 Å². The highest BCUT2D eigenvalue weighted by Gasteiger charge is 2.23. The van der Waals surface area contributed by atoms with E-state index >= 15 is 0 Å². The van der Waals surface area contributed by atoms with Crippen molar-refractivity contribution in [1.29, 1.82) is 5.26 Å². The van der Waals surface area contributed by atoms with Gasteiger partial charge in [-0.2, -0.15) is 5.26 Å². The van der Waals surface area contributed by atoms with E-state index in [4.69, 9.17) is 0 Å². The zero-order valence-electron chi connectivity index (χ0n) is 16.5. The largest absolute Gasteiger partial charge is 0.361 e. The zero-order valence-corrected chi connectivity index (χ0v) is 17.3. The lowest BCUT2D eigenvalue weighted by Gasteiger charge is -2.32. The van der Waals surface area contributed by atoms with Gasteiger partial charge in [0, 0.05) is 60.5 Å². The maximum absolute atomic E-state index is 13.0. The first kappa shape index (κ1) is 18.6. The normalized spacial score (nSPS) is 14.9. The molecule has 1 fully saturated rings. The third-order valence-electron chi connectivity index (χ3n) is 5.51. The van der Waals surface area contributed by atoms with Crippen molar-refractivity contribution in [3.63, 3.8) is 0 Å². The van der Waals surface area contributed by atoms with Crippen molar-refractivity contribution in [2.24, 2.45) is 0 Å². The predicted molar refractivity (Wildman–Crippen MR) is 119 cm³/mol. The highest BCUT2D eigenvalue weighted by atomic mass is 32.1. The Morgan fingerprint density at radius 1 is 1.23 bits per heavy atom. The molecule has 8 heteroatoms. The highest BCUT2D eigenvalue weighted by molar-refractivity contribution is 7.20. The molecule has 4 heterocycles. The van der Waals surface area contributed by atoms with Crippen LogP contribution < -0.4 is 5.32 Å². The number of thiophene rings is 1. The van der Waals surface area contributed by atoms with E-state index in [9.17, 15) is 10.1 Å². The second-order valence-electron chi connectivity index (χ2n) is 7.49. The number of benzene rings is 1. The van der Waals surface area contributed by atoms with Crippen molar-refractivity contribution in [1.82, 2.24) is 19.8 Å². The average Bonchev–Trinajstić information content (AvgIpc) is 3.40. The Labute approximate surface area is 177 Å². The molecule has 0 spiro atoms. The number of piperazine rings is 1. The van der Waals surface area contributed by atoms with Crippen molar-refractivity contribution < 1.29 is 4.79 Å². The van der Waals surface area contributed by atoms with E-state index in [-0.39, 0.29) is 5.91 Å². The van der Waals surface area contributed by atoms with E-state index in [0.29, 0.717) is 16.1 Å². The van der Waals surface area contributed by atoms with Gasteiger partial charge < -0.3 is 20.1 Å². The van der Waals surface area contributed by atoms with E-state index in [2.05, 4.69) is 33.3 Å². The van der Waals surface area contributed by atoms with E-state index < -0.39 is 0 Å². The molecule has 1 aromatic carbocycles. The standard InChI is InChI=1S/C22H20N6OS/c1-27-6-8-28(9-7-27)22(29)19-11-17-20(15(12-23)13-25-21(17)30-19)26-16-2-3-18-14(10-16)4-5-24-18/h2-5,10-11,13,24H,6-9H2,1H3,(H,25,26). The maximum Gasteiger partial charge on any atom is 0.264 e. The number of likely N-dealkylation sites (N-methyl/N-ethyl adjacent to an activating group) is 1. The van der Waals surface area contributed by atoms with Gasteiger partial charge in [-0.25, -0.2) is 4.98 Å². The molecule has 0 radical (unpaired) electrons. The quantitative estimate of drug-likeness (QED) is 0.531. The van der Waals surface area contributed by atoms with Crippen molar-refractivity contribution in [3.05, 3.63) is 53.2 Å². The summed E-state index contributed by atoms with van der Waals surface area (Å²) < 4.78 is 0. The van der Waals surface area contributed by atoms with Crippen LogP contribution in [0.25, 0.3) is 21.1 Å². The van der Waals surface area contributed by atoms with Crippen molar-refractivity contribution in [3.8, 4) is 6.07 Å². The number of aromatic nitrogens is 2. The number of nitriles is 1. The highest BCUT2D eigenvalue weighted by Crippen LogP contribution is 2.35. The van der Waals surface area contributed by atoms with Gasteiger partial charge in [0.2, 0.25) is 0 Å². The summed E-state index contributed by atoms with van der Waals surface area (Å²) in [5, 5.41) is 14.9. The molecule has 0 unspecified atom stereocenters. The molecule has 1 aliphatic heterocycles. The molecule has 0 saturated carbocycles. The summed E-state index contributed by atoms with van der Waals surface area (Å²) in [4.78, 5) is 26.1. The summed E-state index contributed by atoms with van der Waals surface area (Å²) >= 11 is 1.38. The first-order valence-electron chi connectivity index (χ1n) is 9.77. The Hall–Kier alpha value is -3.41. The zero-order chi connectivity index (χ0) is 20.7. The Kier molecular flexibility index (Phi) is 4.62. The predicted octanol–water partition coefficient (Wildman–Crippen LogP) is 3.78. The third kappa shape index (κ3) is 3.28. The van der Waals surface area contributed by atoms with Crippen LogP contribution >= 0.6 is 11.3 Å². The number of H-pyrrole nitrogens is 1. The molecule has 3 aromatic heterocycles. The van der Waals surface area contributed by atoms with Gasteiger partial charge in [0.15, 0.2) is 0 Å². The third-order valence-corrected chi connectivity index (χ3v) is 6.54. The van der Waals surface area contributed by atoms with E-state index in [1.807, 2.05) is 41.4 Å². The molecule has 0 atom stereocenters. The Balaban J connectivity index is 1.52. The van der Waals surface area contributed by atoms with Crippen LogP contribution in [-0.2, 0) is 0 Å². The summed E-state index contributed by atoms with van der Waals surface area (Å²) in [6.45, 7) is 3.20. The van der Waals surface area contributed by atoms with Crippen LogP contribution in [0.3, 0.4) is 0 Å². The number of rotatable bonds is 3. The van der Waals surface area contributed by atoms with Gasteiger partial charge in [-0.1, -0.05) is 0 Å². The van der Waals surface area contributed by atoms with Gasteiger partial charge in [0.05, 0.1) is 16.1 Å². The molecule has 2 N–H and O–H groups in total. The molecular formula is C22H20N6OS. The fraction of sp³-hybridized carbons (Fsp3) is 0.227. The van der Waals surface area contributed by atoms with E-state index in [0.717, 1.165) is 53.0 Å². The van der Waals surface area contributed by atoms with Crippen molar-refractivity contribution in [2.45, 2.75) is 0 Å². The molecule has 1 amide bonds. The lowest BCUT2D eigenvalue weighted by atomic mass is 10.1. The molecule has 0 aliphatic carbocycles. The number of anilines is 2. The van der Waals surface area contributed by atoms with Crippen LogP contribution in [-0.4, -0.2) is 58.9 Å². The molecule has 1 saturated heterocycles. The second kappa shape index (κ2) is 7.44. The van der Waals surface area contributed by atoms with Crippen molar-refractivity contribution in [2.75, 3.05) is 38.5 Å². The monoisotopic (exact) mass is 416 g/mol. The minimum atomic E-state index is 0.0318. The summed E-state index contributed by atoms with van der Waals surface area (Å²) in [6.07, 6.45) is 3.47. The minimum Gasteiger partial charge on any atom is -0.361 e. The van der Waals surface area contributed by atoms with Gasteiger partial charge >= 0.3 is 0 Å². The fourth-order valence-electron chi connectivity index (χ4n) is 3.75. The molecule has 30 heavy (non-hydrogen) atoms. The number of amides is 1. The average molecular weight is 417 g/mol. The summed E-state index contributed by atoms with van der Waals surface area (Å²) in [5.74, 6) is 0.0318. The van der Waals surface area contributed by atoms with Crippen LogP contribution in [0.15, 0.2) is 42.7 Å². The minimum absolute atomic E-state index is 0.0318. The molecule has 0 bridgehead atoms. The molecule has 5 rings (SSSR count). The number of nitrogens with zero attached hydrogens (tertiary/aromatic N) is 4. The first-order valence-corrected chi connectivity index (χ1v) is 10.6. The number of carbonyl (C=O) groups excluding carboxylic acids is 1. The smallest absolute Gasteiger partial charge is 0.264 e. The van der Waals surface area contributed by atoms with Gasteiger partial charge in [0.1, 0.15) is 10.9 Å². The number of carbonyl (C=O) groups is 1. The first-order chi connectivity index (χ1) is 14.6. The molecule has 7 nitrogen and oxygen atoms in total. The maximum atomic E-state index is 13.0. The number of hydrogen-bond donors (Lipinski definition) is 2. The number of hydrogen-bond acceptors (Lipinski definition) is 6. The Bertz CT molecular complexity index is 1290. The number of pyridine rings is 1. The molecular weight excluding hydrogens is 396 g/mol. The number of aromatic amines is 1. The van der Waals surface area contributed by atoms with Crippen LogP contribution in [0, 0.1) is 11.3 Å². The second-order valence-corrected chi connectivity index (χ2v) is 8.52. The Morgan fingerprint density at radius 2 is 2.07 bits per heavy atom. The van der Waals surface area contributed by atoms with Gasteiger partial charge in [-0.3, -0.25) is 4.79 Å². The number of nitrogens with one attached hydrogen (secondary N) is 2. The van der Waals surface area contributed by atoms with Crippen LogP contribution in [0.2, 0.25) is 0 Å². The molecule has 150 valence electrons. The number of fused-ring (bicyclic) bond motifs is 2. The Morgan fingerprint density at radius 3 is 2.87 bits per heavy atom. The summed E-state index contributed by atoms with van der Waals surface area (Å²) in [7, 11) is 2.07. The van der Waals surface area contributed by atoms with Gasteiger partial charge in [0.25, 0.3) is 5.91 Å². The summed E-state index contributed by atoms with van der Waals surface area (Å²) in [6, 6.07) is 12.1. The SMILES string of the molecule is CN1CCN(C(=O)c2cc3c(Nc4ccc5[nH]ccc5c4)c(C#N)cnc3s2)CC1. The molecule has 1 aliphatic rings. The summed E-state index contributed by atoms with van der Waals surface area (Å²) in [5.41, 5.74) is 3.07. The van der Waals surface area contributed by atoms with Gasteiger partial charge in [-0.05, 0) is 37.4 Å². The topological polar surface area (TPSA) is 88.0 Å². The molecule has 4 aromatic rings. The fourth-order valence-corrected chi connectivity index (χ4v) is 4.73. The van der Waals surface area contributed by atoms with E-state index in [1.54, 1.807) is 6.20 Å². The van der Waals surface area contributed by atoms with Crippen LogP contribution in [0.1, 0.15) is 15.2 Å². The van der Waals surface area contributed by atoms with Crippen LogP contribution in [0.5, 0.6) is 0 Å². The van der Waals surface area contributed by atoms with Crippen LogP contribution in [0.4, 0.5) is 11.4 Å². The lowest BCUT2D eigenvalue weighted by molar-refractivity contribution is 0.0669. The van der Waals surface area contributed by atoms with Gasteiger partial charge in [-0.15, -0.1) is 11.3 Å². The van der Waals surface area contributed by atoms with E-state index in [1.165, 1.54) is 11.3 Å². The lowest BCUT2D eigenvalue weighted by Crippen LogP contribution is -2.46.